The Labute approximate surface area is 118 Å². The molecule has 4 nitrogen and oxygen atoms in total. The topological polar surface area (TPSA) is 56.0 Å². The van der Waals surface area contributed by atoms with E-state index < -0.39 is 0 Å². The van der Waals surface area contributed by atoms with Crippen LogP contribution in [0.25, 0.3) is 11.4 Å². The number of ketones is 1. The average molecular weight is 327 g/mol. The van der Waals surface area contributed by atoms with Gasteiger partial charge in [0.05, 0.1) is 6.42 Å². The molecule has 0 aliphatic carbocycles. The van der Waals surface area contributed by atoms with Crippen LogP contribution in [0.5, 0.6) is 0 Å². The van der Waals surface area contributed by atoms with Crippen molar-refractivity contribution < 1.29 is 13.7 Å². The van der Waals surface area contributed by atoms with E-state index in [1.165, 1.54) is 12.1 Å². The maximum absolute atomic E-state index is 13.0. The van der Waals surface area contributed by atoms with Crippen LogP contribution in [0.15, 0.2) is 27.2 Å². The van der Waals surface area contributed by atoms with E-state index in [2.05, 4.69) is 26.1 Å². The molecule has 0 bridgehead atoms. The lowest BCUT2D eigenvalue weighted by molar-refractivity contribution is -0.121. The van der Waals surface area contributed by atoms with E-state index in [-0.39, 0.29) is 29.8 Å². The molecule has 0 atom stereocenters. The fourth-order valence-electron chi connectivity index (χ4n) is 1.46. The van der Waals surface area contributed by atoms with E-state index in [1.807, 2.05) is 13.8 Å². The third-order valence-electron chi connectivity index (χ3n) is 2.61. The first-order valence-electron chi connectivity index (χ1n) is 5.78. The normalized spacial score (nSPS) is 11.0. The van der Waals surface area contributed by atoms with Gasteiger partial charge in [-0.05, 0) is 34.1 Å². The van der Waals surface area contributed by atoms with Crippen LogP contribution in [0.4, 0.5) is 4.39 Å². The molecule has 6 heteroatoms. The Morgan fingerprint density at radius 3 is 2.84 bits per heavy atom. The van der Waals surface area contributed by atoms with Gasteiger partial charge >= 0.3 is 0 Å². The molecule has 19 heavy (non-hydrogen) atoms. The summed E-state index contributed by atoms with van der Waals surface area (Å²) in [6.45, 7) is 3.63. The summed E-state index contributed by atoms with van der Waals surface area (Å²) >= 11 is 3.24. The second-order valence-corrected chi connectivity index (χ2v) is 5.29. The molecule has 100 valence electrons. The Hall–Kier alpha value is -1.56. The number of rotatable bonds is 4. The Balaban J connectivity index is 2.23. The van der Waals surface area contributed by atoms with Gasteiger partial charge in [-0.1, -0.05) is 19.0 Å². The highest BCUT2D eigenvalue weighted by molar-refractivity contribution is 9.10. The van der Waals surface area contributed by atoms with Gasteiger partial charge in [-0.15, -0.1) is 0 Å². The van der Waals surface area contributed by atoms with Gasteiger partial charge in [0, 0.05) is 16.0 Å². The van der Waals surface area contributed by atoms with Crippen LogP contribution in [0.3, 0.4) is 0 Å². The highest BCUT2D eigenvalue weighted by Gasteiger charge is 2.16. The lowest BCUT2D eigenvalue weighted by atomic mass is 10.1. The summed E-state index contributed by atoms with van der Waals surface area (Å²) in [5.74, 6) is 0.207. The summed E-state index contributed by atoms with van der Waals surface area (Å²) in [5.41, 5.74) is 0.619. The highest BCUT2D eigenvalue weighted by atomic mass is 79.9. The van der Waals surface area contributed by atoms with Gasteiger partial charge in [-0.2, -0.15) is 4.98 Å². The molecule has 1 aromatic heterocycles. The molecule has 0 aliphatic rings. The summed E-state index contributed by atoms with van der Waals surface area (Å²) < 4.78 is 18.6. The van der Waals surface area contributed by atoms with Gasteiger partial charge in [0.15, 0.2) is 0 Å². The van der Waals surface area contributed by atoms with Crippen molar-refractivity contribution in [1.29, 1.82) is 0 Å². The minimum atomic E-state index is -0.352. The fourth-order valence-corrected chi connectivity index (χ4v) is 1.99. The van der Waals surface area contributed by atoms with E-state index in [0.29, 0.717) is 15.9 Å². The molecule has 2 aromatic rings. The number of aromatic nitrogens is 2. The molecule has 0 fully saturated rings. The van der Waals surface area contributed by atoms with Crippen LogP contribution in [0.2, 0.25) is 0 Å². The molecule has 0 spiro atoms. The minimum absolute atomic E-state index is 0.0355. The molecule has 0 amide bonds. The standard InChI is InChI=1S/C13H12BrFN2O2/c1-7(2)11(18)6-12-16-13(17-19-12)9-4-3-8(15)5-10(9)14/h3-5,7H,6H2,1-2H3. The molecule has 0 N–H and O–H groups in total. The van der Waals surface area contributed by atoms with E-state index in [9.17, 15) is 9.18 Å². The fraction of sp³-hybridized carbons (Fsp3) is 0.308. The molecule has 1 heterocycles. The van der Waals surface area contributed by atoms with Crippen LogP contribution in [-0.4, -0.2) is 15.9 Å². The Kier molecular flexibility index (Phi) is 4.09. The third kappa shape index (κ3) is 3.26. The number of carbonyl (C=O) groups is 1. The number of benzene rings is 1. The molecule has 2 rings (SSSR count). The zero-order valence-electron chi connectivity index (χ0n) is 10.5. The van der Waals surface area contributed by atoms with E-state index in [0.717, 1.165) is 0 Å². The second-order valence-electron chi connectivity index (χ2n) is 4.43. The van der Waals surface area contributed by atoms with Gasteiger partial charge in [0.2, 0.25) is 11.7 Å². The first kappa shape index (κ1) is 13.9. The molecular weight excluding hydrogens is 315 g/mol. The van der Waals surface area contributed by atoms with Gasteiger partial charge < -0.3 is 4.52 Å². The molecule has 0 saturated heterocycles. The Morgan fingerprint density at radius 1 is 1.47 bits per heavy atom. The Morgan fingerprint density at radius 2 is 2.21 bits per heavy atom. The number of halogens is 2. The van der Waals surface area contributed by atoms with Crippen molar-refractivity contribution in [1.82, 2.24) is 10.1 Å². The maximum Gasteiger partial charge on any atom is 0.234 e. The largest absolute Gasteiger partial charge is 0.338 e. The average Bonchev–Trinajstić information content (AvgIpc) is 2.77. The summed E-state index contributed by atoms with van der Waals surface area (Å²) in [4.78, 5) is 15.7. The predicted molar refractivity (Wildman–Crippen MR) is 70.9 cm³/mol. The second kappa shape index (κ2) is 5.61. The van der Waals surface area contributed by atoms with E-state index >= 15 is 0 Å². The smallest absolute Gasteiger partial charge is 0.234 e. The summed E-state index contributed by atoms with van der Waals surface area (Å²) in [7, 11) is 0. The number of Topliss-reactive ketones (excluding diaryl/α,β-unsaturated/α-hetero) is 1. The lowest BCUT2D eigenvalue weighted by Crippen LogP contribution is -2.10. The summed E-state index contributed by atoms with van der Waals surface area (Å²) in [6.07, 6.45) is 0.115. The predicted octanol–water partition coefficient (Wildman–Crippen LogP) is 3.41. The first-order chi connectivity index (χ1) is 8.97. The molecule has 1 aromatic carbocycles. The van der Waals surface area contributed by atoms with Crippen molar-refractivity contribution in [3.05, 3.63) is 34.4 Å². The molecular formula is C13H12BrFN2O2. The molecule has 0 aliphatic heterocycles. The lowest BCUT2D eigenvalue weighted by Gasteiger charge is -1.99. The zero-order chi connectivity index (χ0) is 14.0. The van der Waals surface area contributed by atoms with E-state index in [4.69, 9.17) is 4.52 Å². The number of hydrogen-bond donors (Lipinski definition) is 0. The SMILES string of the molecule is CC(C)C(=O)Cc1nc(-c2ccc(F)cc2Br)no1. The van der Waals surface area contributed by atoms with Crippen molar-refractivity contribution in [3.63, 3.8) is 0 Å². The Bertz CT molecular complexity index is 610. The summed E-state index contributed by atoms with van der Waals surface area (Å²) in [6, 6.07) is 4.19. The minimum Gasteiger partial charge on any atom is -0.338 e. The number of carbonyl (C=O) groups excluding carboxylic acids is 1. The van der Waals surface area contributed by atoms with Gasteiger partial charge in [0.1, 0.15) is 11.6 Å². The van der Waals surface area contributed by atoms with Crippen LogP contribution < -0.4 is 0 Å². The number of nitrogens with zero attached hydrogens (tertiary/aromatic N) is 2. The number of hydrogen-bond acceptors (Lipinski definition) is 4. The quantitative estimate of drug-likeness (QED) is 0.864. The van der Waals surface area contributed by atoms with Crippen LogP contribution >= 0.6 is 15.9 Å². The van der Waals surface area contributed by atoms with Crippen molar-refractivity contribution in [3.8, 4) is 11.4 Å². The van der Waals surface area contributed by atoms with Crippen LogP contribution in [0.1, 0.15) is 19.7 Å². The van der Waals surface area contributed by atoms with Crippen molar-refractivity contribution in [2.24, 2.45) is 5.92 Å². The highest BCUT2D eigenvalue weighted by Crippen LogP contribution is 2.26. The maximum atomic E-state index is 13.0. The third-order valence-corrected chi connectivity index (χ3v) is 3.27. The van der Waals surface area contributed by atoms with Crippen molar-refractivity contribution in [2.75, 3.05) is 0 Å². The molecule has 0 radical (unpaired) electrons. The molecule has 0 unspecified atom stereocenters. The van der Waals surface area contributed by atoms with Crippen molar-refractivity contribution >= 4 is 21.7 Å². The van der Waals surface area contributed by atoms with E-state index in [1.54, 1.807) is 6.07 Å². The first-order valence-corrected chi connectivity index (χ1v) is 6.57. The van der Waals surface area contributed by atoms with Gasteiger partial charge in [-0.3, -0.25) is 4.79 Å². The summed E-state index contributed by atoms with van der Waals surface area (Å²) in [5, 5.41) is 3.80. The monoisotopic (exact) mass is 326 g/mol. The molecule has 0 saturated carbocycles. The van der Waals surface area contributed by atoms with Crippen molar-refractivity contribution in [2.45, 2.75) is 20.3 Å². The van der Waals surface area contributed by atoms with Gasteiger partial charge in [-0.25, -0.2) is 4.39 Å². The van der Waals surface area contributed by atoms with Crippen LogP contribution in [0, 0.1) is 11.7 Å². The van der Waals surface area contributed by atoms with Crippen LogP contribution in [-0.2, 0) is 11.2 Å². The van der Waals surface area contributed by atoms with Gasteiger partial charge in [0.25, 0.3) is 0 Å². The zero-order valence-corrected chi connectivity index (χ0v) is 12.1.